The molecule has 0 bridgehead atoms. The third-order valence-corrected chi connectivity index (χ3v) is 3.99. The number of rotatable bonds is 1. The normalized spacial score (nSPS) is 16.3. The lowest BCUT2D eigenvalue weighted by molar-refractivity contribution is 0.0263. The van der Waals surface area contributed by atoms with Crippen LogP contribution < -0.4 is 4.90 Å². The summed E-state index contributed by atoms with van der Waals surface area (Å²) in [6, 6.07) is 0. The number of carbonyl (C=O) groups excluding carboxylic acids is 1. The third kappa shape index (κ3) is 4.70. The van der Waals surface area contributed by atoms with Crippen LogP contribution in [0.2, 0.25) is 5.15 Å². The molecule has 2 heterocycles. The maximum absolute atomic E-state index is 12.2. The van der Waals surface area contributed by atoms with E-state index in [0.717, 1.165) is 24.3 Å². The van der Waals surface area contributed by atoms with Gasteiger partial charge in [0.2, 0.25) is 0 Å². The zero-order chi connectivity index (χ0) is 17.2. The van der Waals surface area contributed by atoms with Gasteiger partial charge in [0, 0.05) is 31.7 Å². The van der Waals surface area contributed by atoms with E-state index in [-0.39, 0.29) is 6.09 Å². The first-order chi connectivity index (χ1) is 10.7. The van der Waals surface area contributed by atoms with Crippen LogP contribution in [0.5, 0.6) is 0 Å². The Morgan fingerprint density at radius 1 is 1.13 bits per heavy atom. The molecule has 1 aromatic rings. The molecule has 0 aliphatic carbocycles. The first kappa shape index (κ1) is 17.8. The van der Waals surface area contributed by atoms with Crippen LogP contribution in [0.4, 0.5) is 10.6 Å². The van der Waals surface area contributed by atoms with Gasteiger partial charge in [-0.1, -0.05) is 11.6 Å². The summed E-state index contributed by atoms with van der Waals surface area (Å²) < 4.78 is 5.46. The van der Waals surface area contributed by atoms with E-state index in [1.165, 1.54) is 0 Å². The largest absolute Gasteiger partial charge is 0.444 e. The number of ether oxygens (including phenoxy) is 1. The predicted octanol–water partition coefficient (Wildman–Crippen LogP) is 3.19. The molecule has 1 aliphatic heterocycles. The smallest absolute Gasteiger partial charge is 0.410 e. The summed E-state index contributed by atoms with van der Waals surface area (Å²) in [6.45, 7) is 12.2. The van der Waals surface area contributed by atoms with Crippen molar-refractivity contribution in [1.82, 2.24) is 14.9 Å². The minimum Gasteiger partial charge on any atom is -0.444 e. The Labute approximate surface area is 142 Å². The molecular formula is C16H25ClN4O2. The molecule has 0 aromatic carbocycles. The molecule has 7 heteroatoms. The fraction of sp³-hybridized carbons (Fsp3) is 0.688. The highest BCUT2D eigenvalue weighted by molar-refractivity contribution is 6.30. The molecule has 1 aliphatic rings. The van der Waals surface area contributed by atoms with Gasteiger partial charge in [0.1, 0.15) is 22.4 Å². The maximum Gasteiger partial charge on any atom is 0.410 e. The zero-order valence-electron chi connectivity index (χ0n) is 14.5. The van der Waals surface area contributed by atoms with Gasteiger partial charge in [-0.05, 0) is 41.0 Å². The fourth-order valence-electron chi connectivity index (χ4n) is 2.53. The van der Waals surface area contributed by atoms with Gasteiger partial charge in [-0.2, -0.15) is 0 Å². The summed E-state index contributed by atoms with van der Waals surface area (Å²) in [5.74, 6) is 1.51. The minimum absolute atomic E-state index is 0.257. The summed E-state index contributed by atoms with van der Waals surface area (Å²) in [7, 11) is 0. The lowest BCUT2D eigenvalue weighted by Gasteiger charge is -2.27. The molecule has 23 heavy (non-hydrogen) atoms. The molecular weight excluding hydrogens is 316 g/mol. The van der Waals surface area contributed by atoms with Gasteiger partial charge in [0.15, 0.2) is 0 Å². The van der Waals surface area contributed by atoms with Gasteiger partial charge < -0.3 is 14.5 Å². The Kier molecular flexibility index (Phi) is 5.34. The summed E-state index contributed by atoms with van der Waals surface area (Å²) in [5, 5.41) is 0.487. The van der Waals surface area contributed by atoms with Crippen molar-refractivity contribution in [1.29, 1.82) is 0 Å². The molecule has 0 radical (unpaired) electrons. The Morgan fingerprint density at radius 3 is 2.48 bits per heavy atom. The summed E-state index contributed by atoms with van der Waals surface area (Å²) in [4.78, 5) is 24.9. The van der Waals surface area contributed by atoms with E-state index in [4.69, 9.17) is 16.3 Å². The van der Waals surface area contributed by atoms with Crippen LogP contribution in [0.3, 0.4) is 0 Å². The van der Waals surface area contributed by atoms with Gasteiger partial charge in [-0.25, -0.2) is 14.8 Å². The molecule has 0 spiro atoms. The average Bonchev–Trinajstić information content (AvgIpc) is 2.66. The molecule has 1 fully saturated rings. The number of halogens is 1. The quantitative estimate of drug-likeness (QED) is 0.735. The molecule has 1 saturated heterocycles. The SMILES string of the molecule is Cc1nc(Cl)c(C)c(N2CCCN(C(=O)OC(C)(C)C)CC2)n1. The second kappa shape index (κ2) is 6.91. The topological polar surface area (TPSA) is 58.6 Å². The fourth-order valence-corrected chi connectivity index (χ4v) is 2.73. The number of nitrogens with zero attached hydrogens (tertiary/aromatic N) is 4. The number of aromatic nitrogens is 2. The molecule has 6 nitrogen and oxygen atoms in total. The monoisotopic (exact) mass is 340 g/mol. The number of anilines is 1. The second-order valence-corrected chi connectivity index (χ2v) is 7.18. The van der Waals surface area contributed by atoms with Crippen molar-refractivity contribution in [2.75, 3.05) is 31.1 Å². The molecule has 1 amide bonds. The van der Waals surface area contributed by atoms with Crippen LogP contribution in [0.15, 0.2) is 0 Å². The third-order valence-electron chi connectivity index (χ3n) is 3.62. The summed E-state index contributed by atoms with van der Waals surface area (Å²) >= 11 is 6.17. The maximum atomic E-state index is 12.2. The van der Waals surface area contributed by atoms with Gasteiger partial charge in [0.25, 0.3) is 0 Å². The average molecular weight is 341 g/mol. The minimum atomic E-state index is -0.475. The van der Waals surface area contributed by atoms with Crippen LogP contribution in [0.25, 0.3) is 0 Å². The molecule has 2 rings (SSSR count). The van der Waals surface area contributed by atoms with Crippen molar-refractivity contribution in [2.24, 2.45) is 0 Å². The predicted molar refractivity (Wildman–Crippen MR) is 91.2 cm³/mol. The highest BCUT2D eigenvalue weighted by atomic mass is 35.5. The number of hydrogen-bond acceptors (Lipinski definition) is 5. The first-order valence-corrected chi connectivity index (χ1v) is 8.29. The summed E-state index contributed by atoms with van der Waals surface area (Å²) in [5.41, 5.74) is 0.403. The van der Waals surface area contributed by atoms with Crippen molar-refractivity contribution in [2.45, 2.75) is 46.6 Å². The number of hydrogen-bond donors (Lipinski definition) is 0. The van der Waals surface area contributed by atoms with Crippen LogP contribution in [-0.4, -0.2) is 52.7 Å². The Morgan fingerprint density at radius 2 is 1.83 bits per heavy atom. The van der Waals surface area contributed by atoms with Crippen molar-refractivity contribution >= 4 is 23.5 Å². The van der Waals surface area contributed by atoms with E-state index in [1.807, 2.05) is 34.6 Å². The Hall–Kier alpha value is -1.56. The van der Waals surface area contributed by atoms with E-state index >= 15 is 0 Å². The van der Waals surface area contributed by atoms with Crippen LogP contribution in [0, 0.1) is 13.8 Å². The molecule has 0 N–H and O–H groups in total. The molecule has 128 valence electrons. The number of carbonyl (C=O) groups is 1. The van der Waals surface area contributed by atoms with Gasteiger partial charge in [0.05, 0.1) is 0 Å². The molecule has 0 unspecified atom stereocenters. The van der Waals surface area contributed by atoms with Crippen LogP contribution in [0.1, 0.15) is 38.6 Å². The van der Waals surface area contributed by atoms with Crippen LogP contribution >= 0.6 is 11.6 Å². The zero-order valence-corrected chi connectivity index (χ0v) is 15.3. The second-order valence-electron chi connectivity index (χ2n) is 6.82. The van der Waals surface area contributed by atoms with Crippen molar-refractivity contribution in [3.8, 4) is 0 Å². The number of amides is 1. The standard InChI is InChI=1S/C16H25ClN4O2/c1-11-13(17)18-12(2)19-14(11)20-7-6-8-21(10-9-20)15(22)23-16(3,4)5/h6-10H2,1-5H3. The van der Waals surface area contributed by atoms with E-state index in [1.54, 1.807) is 4.90 Å². The van der Waals surface area contributed by atoms with E-state index in [9.17, 15) is 4.79 Å². The number of aryl methyl sites for hydroxylation is 1. The van der Waals surface area contributed by atoms with Crippen molar-refractivity contribution in [3.05, 3.63) is 16.5 Å². The van der Waals surface area contributed by atoms with E-state index in [0.29, 0.717) is 30.6 Å². The van der Waals surface area contributed by atoms with E-state index < -0.39 is 5.60 Å². The lowest BCUT2D eigenvalue weighted by Crippen LogP contribution is -2.39. The highest BCUT2D eigenvalue weighted by Gasteiger charge is 2.25. The summed E-state index contributed by atoms with van der Waals surface area (Å²) in [6.07, 6.45) is 0.604. The molecule has 0 saturated carbocycles. The molecule has 0 atom stereocenters. The van der Waals surface area contributed by atoms with Gasteiger partial charge >= 0.3 is 6.09 Å². The lowest BCUT2D eigenvalue weighted by atomic mass is 10.2. The van der Waals surface area contributed by atoms with Gasteiger partial charge in [-0.15, -0.1) is 0 Å². The van der Waals surface area contributed by atoms with Crippen molar-refractivity contribution in [3.63, 3.8) is 0 Å². The first-order valence-electron chi connectivity index (χ1n) is 7.91. The van der Waals surface area contributed by atoms with Crippen LogP contribution in [-0.2, 0) is 4.74 Å². The Balaban J connectivity index is 2.09. The van der Waals surface area contributed by atoms with E-state index in [2.05, 4.69) is 14.9 Å². The van der Waals surface area contributed by atoms with Crippen molar-refractivity contribution < 1.29 is 9.53 Å². The highest BCUT2D eigenvalue weighted by Crippen LogP contribution is 2.24. The van der Waals surface area contributed by atoms with Gasteiger partial charge in [-0.3, -0.25) is 0 Å². The molecule has 1 aromatic heterocycles. The Bertz CT molecular complexity index is 586.